The van der Waals surface area contributed by atoms with Crippen molar-refractivity contribution >= 4 is 12.3 Å². The number of hydrogen-bond donors (Lipinski definition) is 0. The van der Waals surface area contributed by atoms with Crippen LogP contribution in [0.5, 0.6) is 5.75 Å². The highest BCUT2D eigenvalue weighted by atomic mass is 16.6. The van der Waals surface area contributed by atoms with Crippen LogP contribution in [0, 0.1) is 0 Å². The molecule has 0 spiro atoms. The second-order valence-corrected chi connectivity index (χ2v) is 2.56. The number of rotatable bonds is 4. The van der Waals surface area contributed by atoms with Crippen LogP contribution < -0.4 is 4.74 Å². The average Bonchev–Trinajstić information content (AvgIpc) is 2.19. The molecule has 4 nitrogen and oxygen atoms in total. The lowest BCUT2D eigenvalue weighted by atomic mass is 10.2. The van der Waals surface area contributed by atoms with E-state index in [2.05, 4.69) is 4.74 Å². The largest absolute Gasteiger partial charge is 0.424 e. The molecule has 0 aliphatic heterocycles. The van der Waals surface area contributed by atoms with Crippen LogP contribution in [0.2, 0.25) is 0 Å². The molecule has 4 heteroatoms. The highest BCUT2D eigenvalue weighted by Crippen LogP contribution is 2.15. The Morgan fingerprint density at radius 1 is 1.43 bits per heavy atom. The third kappa shape index (κ3) is 2.67. The molecule has 0 fully saturated rings. The molecule has 0 N–H and O–H groups in total. The zero-order valence-corrected chi connectivity index (χ0v) is 7.73. The third-order valence-corrected chi connectivity index (χ3v) is 1.53. The molecular weight excluding hydrogens is 184 g/mol. The fourth-order valence-corrected chi connectivity index (χ4v) is 0.941. The van der Waals surface area contributed by atoms with Gasteiger partial charge in [0.1, 0.15) is 12.4 Å². The molecule has 0 amide bonds. The van der Waals surface area contributed by atoms with E-state index in [-0.39, 0.29) is 12.4 Å². The summed E-state index contributed by atoms with van der Waals surface area (Å²) in [6.07, 6.45) is 0.634. The van der Waals surface area contributed by atoms with Gasteiger partial charge in [0.05, 0.1) is 5.56 Å². The van der Waals surface area contributed by atoms with Crippen LogP contribution in [-0.2, 0) is 9.53 Å². The maximum absolute atomic E-state index is 11.0. The normalized spacial score (nSPS) is 9.50. The summed E-state index contributed by atoms with van der Waals surface area (Å²) in [5.41, 5.74) is 0.344. The molecule has 0 atom stereocenters. The molecule has 0 aromatic heterocycles. The van der Waals surface area contributed by atoms with Crippen molar-refractivity contribution in [2.75, 3.05) is 13.7 Å². The first kappa shape index (κ1) is 10.4. The number of benzene rings is 1. The molecule has 1 aromatic carbocycles. The van der Waals surface area contributed by atoms with Crippen LogP contribution >= 0.6 is 0 Å². The van der Waals surface area contributed by atoms with Crippen molar-refractivity contribution in [3.05, 3.63) is 29.8 Å². The maximum Gasteiger partial charge on any atom is 0.337 e. The summed E-state index contributed by atoms with van der Waals surface area (Å²) in [6.45, 7) is -0.132. The van der Waals surface area contributed by atoms with E-state index in [9.17, 15) is 9.59 Å². The highest BCUT2D eigenvalue weighted by Gasteiger charge is 2.07. The number of para-hydroxylation sites is 1. The van der Waals surface area contributed by atoms with Gasteiger partial charge in [0.2, 0.25) is 0 Å². The van der Waals surface area contributed by atoms with Crippen LogP contribution in [0.1, 0.15) is 10.4 Å². The van der Waals surface area contributed by atoms with Gasteiger partial charge < -0.3 is 9.47 Å². The van der Waals surface area contributed by atoms with E-state index in [4.69, 9.17) is 4.74 Å². The summed E-state index contributed by atoms with van der Waals surface area (Å²) in [6, 6.07) is 6.50. The van der Waals surface area contributed by atoms with Crippen LogP contribution in [-0.4, -0.2) is 26.0 Å². The number of carbonyl (C=O) groups is 2. The van der Waals surface area contributed by atoms with Crippen LogP contribution in [0.25, 0.3) is 0 Å². The van der Waals surface area contributed by atoms with Gasteiger partial charge in [-0.25, -0.2) is 4.79 Å². The summed E-state index contributed by atoms with van der Waals surface area (Å²) in [5.74, 6) is -0.272. The summed E-state index contributed by atoms with van der Waals surface area (Å²) >= 11 is 0. The van der Waals surface area contributed by atoms with Gasteiger partial charge in [-0.1, -0.05) is 12.1 Å². The number of methoxy groups -OCH3 is 1. The molecular formula is C10H10O4. The molecule has 0 bridgehead atoms. The van der Waals surface area contributed by atoms with E-state index in [1.165, 1.54) is 7.11 Å². The van der Waals surface area contributed by atoms with Crippen molar-refractivity contribution in [1.29, 1.82) is 0 Å². The smallest absolute Gasteiger partial charge is 0.337 e. The molecule has 0 unspecified atom stereocenters. The molecule has 1 rings (SSSR count). The molecule has 0 saturated heterocycles. The highest BCUT2D eigenvalue weighted by molar-refractivity contribution is 5.82. The number of hydrogen-bond acceptors (Lipinski definition) is 4. The Morgan fingerprint density at radius 3 is 2.79 bits per heavy atom. The van der Waals surface area contributed by atoms with Crippen molar-refractivity contribution in [3.63, 3.8) is 0 Å². The molecule has 74 valence electrons. The number of esters is 1. The van der Waals surface area contributed by atoms with Gasteiger partial charge in [0, 0.05) is 7.11 Å². The second kappa shape index (κ2) is 5.14. The Balaban J connectivity index is 2.75. The monoisotopic (exact) mass is 194 g/mol. The molecule has 0 radical (unpaired) electrons. The Bertz CT molecular complexity index is 333. The lowest BCUT2D eigenvalue weighted by Crippen LogP contribution is -2.14. The summed E-state index contributed by atoms with van der Waals surface area (Å²) in [5, 5.41) is 0. The Hall–Kier alpha value is -1.68. The van der Waals surface area contributed by atoms with Gasteiger partial charge in [0.15, 0.2) is 6.29 Å². The lowest BCUT2D eigenvalue weighted by molar-refractivity contribution is -0.138. The van der Waals surface area contributed by atoms with Crippen molar-refractivity contribution in [1.82, 2.24) is 0 Å². The zero-order valence-electron chi connectivity index (χ0n) is 7.73. The second-order valence-electron chi connectivity index (χ2n) is 2.56. The summed E-state index contributed by atoms with van der Waals surface area (Å²) in [4.78, 5) is 21.6. The van der Waals surface area contributed by atoms with Gasteiger partial charge in [-0.2, -0.15) is 0 Å². The van der Waals surface area contributed by atoms with Crippen molar-refractivity contribution in [2.45, 2.75) is 0 Å². The van der Waals surface area contributed by atoms with E-state index in [1.54, 1.807) is 24.3 Å². The van der Waals surface area contributed by atoms with Gasteiger partial charge in [-0.05, 0) is 12.1 Å². The minimum atomic E-state index is -0.526. The lowest BCUT2D eigenvalue weighted by Gasteiger charge is -2.04. The van der Waals surface area contributed by atoms with Gasteiger partial charge in [-0.3, -0.25) is 4.79 Å². The SMILES string of the molecule is COCC(=O)Oc1ccccc1C=O. The van der Waals surface area contributed by atoms with Gasteiger partial charge in [0.25, 0.3) is 0 Å². The number of carbonyl (C=O) groups excluding carboxylic acids is 2. The standard InChI is InChI=1S/C10H10O4/c1-13-7-10(12)14-9-5-3-2-4-8(9)6-11/h2-6H,7H2,1H3. The first-order valence-corrected chi connectivity index (χ1v) is 4.01. The van der Waals surface area contributed by atoms with Gasteiger partial charge >= 0.3 is 5.97 Å². The van der Waals surface area contributed by atoms with Gasteiger partial charge in [-0.15, -0.1) is 0 Å². The Kier molecular flexibility index (Phi) is 3.82. The molecule has 0 aliphatic rings. The maximum atomic E-state index is 11.0. The average molecular weight is 194 g/mol. The molecule has 0 aliphatic carbocycles. The summed E-state index contributed by atoms with van der Waals surface area (Å²) < 4.78 is 9.47. The Morgan fingerprint density at radius 2 is 2.14 bits per heavy atom. The van der Waals surface area contributed by atoms with E-state index < -0.39 is 5.97 Å². The fourth-order valence-electron chi connectivity index (χ4n) is 0.941. The van der Waals surface area contributed by atoms with E-state index in [0.717, 1.165) is 0 Å². The minimum absolute atomic E-state index is 0.132. The van der Waals surface area contributed by atoms with Crippen molar-refractivity contribution in [2.24, 2.45) is 0 Å². The van der Waals surface area contributed by atoms with Crippen LogP contribution in [0.4, 0.5) is 0 Å². The van der Waals surface area contributed by atoms with E-state index in [0.29, 0.717) is 11.8 Å². The minimum Gasteiger partial charge on any atom is -0.424 e. The first-order valence-electron chi connectivity index (χ1n) is 4.01. The number of aldehydes is 1. The molecule has 1 aromatic rings. The Labute approximate surface area is 81.4 Å². The predicted molar refractivity (Wildman–Crippen MR) is 49.3 cm³/mol. The van der Waals surface area contributed by atoms with Crippen molar-refractivity contribution in [3.8, 4) is 5.75 Å². The van der Waals surface area contributed by atoms with E-state index >= 15 is 0 Å². The fraction of sp³-hybridized carbons (Fsp3) is 0.200. The zero-order chi connectivity index (χ0) is 10.4. The third-order valence-electron chi connectivity index (χ3n) is 1.53. The topological polar surface area (TPSA) is 52.6 Å². The van der Waals surface area contributed by atoms with E-state index in [1.807, 2.05) is 0 Å². The van der Waals surface area contributed by atoms with Crippen molar-refractivity contribution < 1.29 is 19.1 Å². The predicted octanol–water partition coefficient (Wildman–Crippen LogP) is 1.05. The quantitative estimate of drug-likeness (QED) is 0.408. The summed E-state index contributed by atoms with van der Waals surface area (Å²) in [7, 11) is 1.40. The first-order chi connectivity index (χ1) is 6.77. The van der Waals surface area contributed by atoms with Crippen LogP contribution in [0.15, 0.2) is 24.3 Å². The van der Waals surface area contributed by atoms with Crippen LogP contribution in [0.3, 0.4) is 0 Å². The molecule has 0 heterocycles. The molecule has 14 heavy (non-hydrogen) atoms. The molecule has 0 saturated carbocycles. The number of ether oxygens (including phenoxy) is 2.